The Labute approximate surface area is 81.0 Å². The molecule has 2 unspecified atom stereocenters. The fourth-order valence-corrected chi connectivity index (χ4v) is 1.07. The van der Waals surface area contributed by atoms with Gasteiger partial charge in [0.25, 0.3) is 0 Å². The first-order chi connectivity index (χ1) is 6.56. The van der Waals surface area contributed by atoms with E-state index in [1.165, 1.54) is 18.2 Å². The van der Waals surface area contributed by atoms with Gasteiger partial charge in [-0.3, -0.25) is 0 Å². The number of phenols is 2. The van der Waals surface area contributed by atoms with Crippen molar-refractivity contribution in [2.45, 2.75) is 12.1 Å². The molecule has 0 aliphatic heterocycles. The molecule has 1 aromatic carbocycles. The minimum atomic E-state index is -1.06. The van der Waals surface area contributed by atoms with Crippen LogP contribution < -0.4 is 5.73 Å². The van der Waals surface area contributed by atoms with E-state index in [1.807, 2.05) is 0 Å². The smallest absolute Gasteiger partial charge is 0.157 e. The van der Waals surface area contributed by atoms with Crippen LogP contribution in [0.15, 0.2) is 18.2 Å². The molecular weight excluding hydrogens is 186 g/mol. The Morgan fingerprint density at radius 1 is 1.21 bits per heavy atom. The van der Waals surface area contributed by atoms with E-state index < -0.39 is 12.1 Å². The van der Waals surface area contributed by atoms with E-state index >= 15 is 0 Å². The van der Waals surface area contributed by atoms with Crippen LogP contribution in [0.2, 0.25) is 0 Å². The summed E-state index contributed by atoms with van der Waals surface area (Å²) in [6, 6.07) is 3.07. The minimum absolute atomic E-state index is 0.265. The summed E-state index contributed by atoms with van der Waals surface area (Å²) in [6.07, 6.45) is -1.06. The molecule has 14 heavy (non-hydrogen) atoms. The number of rotatable bonds is 3. The topological polar surface area (TPSA) is 107 Å². The third-order valence-electron chi connectivity index (χ3n) is 1.96. The monoisotopic (exact) mass is 199 g/mol. The van der Waals surface area contributed by atoms with E-state index in [2.05, 4.69) is 0 Å². The van der Waals surface area contributed by atoms with Crippen molar-refractivity contribution in [2.24, 2.45) is 5.73 Å². The zero-order valence-corrected chi connectivity index (χ0v) is 7.46. The number of hydrogen-bond acceptors (Lipinski definition) is 5. The molecule has 0 saturated heterocycles. The van der Waals surface area contributed by atoms with E-state index in [9.17, 15) is 5.11 Å². The maximum Gasteiger partial charge on any atom is 0.157 e. The van der Waals surface area contributed by atoms with Crippen LogP contribution in [0.5, 0.6) is 11.5 Å². The first-order valence-corrected chi connectivity index (χ1v) is 4.12. The molecule has 1 aromatic rings. The molecule has 6 N–H and O–H groups in total. The normalized spacial score (nSPS) is 15.1. The van der Waals surface area contributed by atoms with Crippen molar-refractivity contribution < 1.29 is 20.4 Å². The molecule has 0 heterocycles. The number of benzene rings is 1. The Morgan fingerprint density at radius 2 is 1.86 bits per heavy atom. The lowest BCUT2D eigenvalue weighted by molar-refractivity contribution is 0.109. The second-order valence-corrected chi connectivity index (χ2v) is 3.04. The minimum Gasteiger partial charge on any atom is -0.504 e. The molecule has 0 saturated carbocycles. The van der Waals surface area contributed by atoms with E-state index in [-0.39, 0.29) is 18.1 Å². The number of aromatic hydroxyl groups is 2. The molecule has 5 nitrogen and oxygen atoms in total. The standard InChI is InChI=1S/C9H13NO4/c10-6(4-11)9(14)5-1-2-7(12)8(13)3-5/h1-3,6,9,11-14H,4,10H2. The molecule has 0 amide bonds. The Hall–Kier alpha value is -1.30. The van der Waals surface area contributed by atoms with Crippen LogP contribution in [0.4, 0.5) is 0 Å². The molecule has 0 spiro atoms. The van der Waals surface area contributed by atoms with Crippen LogP contribution in [0.1, 0.15) is 11.7 Å². The lowest BCUT2D eigenvalue weighted by atomic mass is 10.0. The average Bonchev–Trinajstić information content (AvgIpc) is 2.20. The summed E-state index contributed by atoms with van der Waals surface area (Å²) in [5, 5.41) is 36.4. The van der Waals surface area contributed by atoms with Gasteiger partial charge in [0.05, 0.1) is 18.8 Å². The van der Waals surface area contributed by atoms with Gasteiger partial charge in [-0.2, -0.15) is 0 Å². The van der Waals surface area contributed by atoms with E-state index in [4.69, 9.17) is 21.1 Å². The predicted octanol–water partition coefficient (Wildman–Crippen LogP) is -0.549. The number of aliphatic hydroxyl groups is 2. The van der Waals surface area contributed by atoms with Crippen LogP contribution >= 0.6 is 0 Å². The summed E-state index contributed by atoms with van der Waals surface area (Å²) in [5.74, 6) is -0.592. The third-order valence-corrected chi connectivity index (χ3v) is 1.96. The van der Waals surface area contributed by atoms with Gasteiger partial charge in [-0.25, -0.2) is 0 Å². The Bertz CT molecular complexity index is 316. The van der Waals surface area contributed by atoms with Crippen LogP contribution in [-0.4, -0.2) is 33.1 Å². The van der Waals surface area contributed by atoms with Gasteiger partial charge in [-0.05, 0) is 17.7 Å². The molecule has 78 valence electrons. The molecule has 0 aromatic heterocycles. The molecule has 2 atom stereocenters. The van der Waals surface area contributed by atoms with Gasteiger partial charge in [0.2, 0.25) is 0 Å². The first-order valence-electron chi connectivity index (χ1n) is 4.12. The Kier molecular flexibility index (Phi) is 3.29. The Balaban J connectivity index is 2.91. The predicted molar refractivity (Wildman–Crippen MR) is 49.8 cm³/mol. The van der Waals surface area contributed by atoms with Gasteiger partial charge in [0.1, 0.15) is 0 Å². The summed E-state index contributed by atoms with van der Waals surface area (Å²) < 4.78 is 0. The highest BCUT2D eigenvalue weighted by Gasteiger charge is 2.16. The highest BCUT2D eigenvalue weighted by atomic mass is 16.3. The molecule has 0 radical (unpaired) electrons. The van der Waals surface area contributed by atoms with E-state index in [1.54, 1.807) is 0 Å². The highest BCUT2D eigenvalue weighted by Crippen LogP contribution is 2.28. The van der Waals surface area contributed by atoms with Gasteiger partial charge < -0.3 is 26.2 Å². The summed E-state index contributed by atoms with van der Waals surface area (Å²) in [4.78, 5) is 0. The zero-order valence-electron chi connectivity index (χ0n) is 7.46. The van der Waals surface area contributed by atoms with Crippen molar-refractivity contribution >= 4 is 0 Å². The molecule has 0 aliphatic carbocycles. The van der Waals surface area contributed by atoms with E-state index in [0.717, 1.165) is 0 Å². The molecule has 5 heteroatoms. The van der Waals surface area contributed by atoms with Gasteiger partial charge in [0.15, 0.2) is 11.5 Å². The maximum atomic E-state index is 9.53. The van der Waals surface area contributed by atoms with Crippen LogP contribution in [-0.2, 0) is 0 Å². The fraction of sp³-hybridized carbons (Fsp3) is 0.333. The molecule has 1 rings (SSSR count). The first kappa shape index (κ1) is 10.8. The number of hydrogen-bond donors (Lipinski definition) is 5. The van der Waals surface area contributed by atoms with Crippen molar-refractivity contribution in [3.63, 3.8) is 0 Å². The van der Waals surface area contributed by atoms with Gasteiger partial charge in [-0.1, -0.05) is 6.07 Å². The Morgan fingerprint density at radius 3 is 2.36 bits per heavy atom. The third kappa shape index (κ3) is 2.14. The SMILES string of the molecule is NC(CO)C(O)c1ccc(O)c(O)c1. The van der Waals surface area contributed by atoms with Crippen LogP contribution in [0, 0.1) is 0 Å². The van der Waals surface area contributed by atoms with Crippen molar-refractivity contribution in [1.82, 2.24) is 0 Å². The van der Waals surface area contributed by atoms with Gasteiger partial charge >= 0.3 is 0 Å². The quantitative estimate of drug-likeness (QED) is 0.420. The largest absolute Gasteiger partial charge is 0.504 e. The maximum absolute atomic E-state index is 9.53. The van der Waals surface area contributed by atoms with Crippen molar-refractivity contribution in [3.8, 4) is 11.5 Å². The fourth-order valence-electron chi connectivity index (χ4n) is 1.07. The van der Waals surface area contributed by atoms with Crippen LogP contribution in [0.3, 0.4) is 0 Å². The second kappa shape index (κ2) is 4.28. The summed E-state index contributed by atoms with van der Waals surface area (Å²) in [7, 11) is 0. The number of aliphatic hydroxyl groups excluding tert-OH is 2. The average molecular weight is 199 g/mol. The zero-order chi connectivity index (χ0) is 10.7. The second-order valence-electron chi connectivity index (χ2n) is 3.04. The lowest BCUT2D eigenvalue weighted by Crippen LogP contribution is -2.31. The number of phenolic OH excluding ortho intramolecular Hbond substituents is 2. The molecule has 0 fully saturated rings. The molecule has 0 aliphatic rings. The van der Waals surface area contributed by atoms with Crippen molar-refractivity contribution in [3.05, 3.63) is 23.8 Å². The summed E-state index contributed by atoms with van der Waals surface area (Å²) in [5.41, 5.74) is 5.74. The summed E-state index contributed by atoms with van der Waals surface area (Å²) >= 11 is 0. The molecular formula is C9H13NO4. The van der Waals surface area contributed by atoms with Gasteiger partial charge in [0, 0.05) is 0 Å². The van der Waals surface area contributed by atoms with E-state index in [0.29, 0.717) is 5.56 Å². The van der Waals surface area contributed by atoms with Crippen molar-refractivity contribution in [2.75, 3.05) is 6.61 Å². The van der Waals surface area contributed by atoms with Crippen LogP contribution in [0.25, 0.3) is 0 Å². The molecule has 0 bridgehead atoms. The highest BCUT2D eigenvalue weighted by molar-refractivity contribution is 5.41. The summed E-state index contributed by atoms with van der Waals surface area (Å²) in [6.45, 7) is -0.358. The number of nitrogens with two attached hydrogens (primary N) is 1. The van der Waals surface area contributed by atoms with Gasteiger partial charge in [-0.15, -0.1) is 0 Å². The van der Waals surface area contributed by atoms with Crippen molar-refractivity contribution in [1.29, 1.82) is 0 Å². The lowest BCUT2D eigenvalue weighted by Gasteiger charge is -2.16.